The number of amides is 1. The molecule has 0 spiro atoms. The summed E-state index contributed by atoms with van der Waals surface area (Å²) in [5, 5.41) is 12.2. The maximum atomic E-state index is 12.6. The molecular weight excluding hydrogens is 402 g/mol. The molecule has 0 aromatic heterocycles. The highest BCUT2D eigenvalue weighted by atomic mass is 16.5. The fraction of sp³-hybridized carbons (Fsp3) is 0.259. The van der Waals surface area contributed by atoms with E-state index in [2.05, 4.69) is 31.3 Å². The Balaban J connectivity index is 1.45. The van der Waals surface area contributed by atoms with Crippen LogP contribution in [-0.4, -0.2) is 29.8 Å². The van der Waals surface area contributed by atoms with Crippen molar-refractivity contribution in [3.63, 3.8) is 0 Å². The quantitative estimate of drug-likeness (QED) is 0.531. The van der Waals surface area contributed by atoms with Crippen LogP contribution in [0.4, 0.5) is 4.79 Å². The van der Waals surface area contributed by atoms with Crippen molar-refractivity contribution < 1.29 is 19.4 Å². The number of aliphatic carboxylic acids is 1. The van der Waals surface area contributed by atoms with E-state index in [0.717, 1.165) is 33.4 Å². The molecular formula is C27H27NO4. The highest BCUT2D eigenvalue weighted by molar-refractivity contribution is 5.81. The first-order chi connectivity index (χ1) is 15.5. The predicted molar refractivity (Wildman–Crippen MR) is 124 cm³/mol. The van der Waals surface area contributed by atoms with Crippen molar-refractivity contribution in [1.82, 2.24) is 5.32 Å². The number of carboxylic acid groups (broad SMARTS) is 1. The van der Waals surface area contributed by atoms with E-state index in [1.54, 1.807) is 0 Å². The first-order valence-electron chi connectivity index (χ1n) is 10.9. The fourth-order valence-electron chi connectivity index (χ4n) is 4.49. The average Bonchev–Trinajstić information content (AvgIpc) is 3.11. The average molecular weight is 430 g/mol. The minimum atomic E-state index is -1.09. The summed E-state index contributed by atoms with van der Waals surface area (Å²) in [6.45, 7) is 4.27. The van der Waals surface area contributed by atoms with Crippen LogP contribution in [0.2, 0.25) is 0 Å². The number of carbonyl (C=O) groups excluding carboxylic acids is 1. The van der Waals surface area contributed by atoms with Crippen molar-refractivity contribution in [2.45, 2.75) is 38.1 Å². The number of alkyl carbamates (subject to hydrolysis) is 1. The van der Waals surface area contributed by atoms with Crippen LogP contribution in [0.5, 0.6) is 0 Å². The topological polar surface area (TPSA) is 75.6 Å². The first kappa shape index (κ1) is 21.6. The third kappa shape index (κ3) is 4.37. The van der Waals surface area contributed by atoms with E-state index < -0.39 is 18.1 Å². The summed E-state index contributed by atoms with van der Waals surface area (Å²) in [4.78, 5) is 24.4. The molecule has 2 N–H and O–H groups in total. The highest BCUT2D eigenvalue weighted by Crippen LogP contribution is 2.44. The monoisotopic (exact) mass is 429 g/mol. The lowest BCUT2D eigenvalue weighted by Gasteiger charge is -2.19. The summed E-state index contributed by atoms with van der Waals surface area (Å²) in [7, 11) is 0. The molecule has 0 fully saturated rings. The van der Waals surface area contributed by atoms with Crippen molar-refractivity contribution in [1.29, 1.82) is 0 Å². The maximum Gasteiger partial charge on any atom is 0.407 e. The van der Waals surface area contributed by atoms with Gasteiger partial charge in [-0.25, -0.2) is 9.59 Å². The van der Waals surface area contributed by atoms with E-state index in [-0.39, 0.29) is 24.9 Å². The van der Waals surface area contributed by atoms with E-state index in [4.69, 9.17) is 4.74 Å². The molecule has 3 aromatic rings. The van der Waals surface area contributed by atoms with Gasteiger partial charge in [-0.05, 0) is 39.3 Å². The fourth-order valence-corrected chi connectivity index (χ4v) is 4.49. The lowest BCUT2D eigenvalue weighted by Crippen LogP contribution is -2.43. The van der Waals surface area contributed by atoms with E-state index >= 15 is 0 Å². The van der Waals surface area contributed by atoms with Gasteiger partial charge >= 0.3 is 12.1 Å². The Labute approximate surface area is 188 Å². The lowest BCUT2D eigenvalue weighted by atomic mass is 9.93. The van der Waals surface area contributed by atoms with Gasteiger partial charge in [0, 0.05) is 12.3 Å². The van der Waals surface area contributed by atoms with Crippen LogP contribution in [0.1, 0.15) is 47.9 Å². The van der Waals surface area contributed by atoms with E-state index in [1.165, 1.54) is 0 Å². The van der Waals surface area contributed by atoms with Crippen LogP contribution in [-0.2, 0) is 16.0 Å². The molecule has 5 heteroatoms. The molecule has 0 saturated heterocycles. The highest BCUT2D eigenvalue weighted by Gasteiger charge is 2.30. The van der Waals surface area contributed by atoms with Crippen LogP contribution in [0.25, 0.3) is 11.1 Å². The van der Waals surface area contributed by atoms with Gasteiger partial charge in [0.25, 0.3) is 0 Å². The summed E-state index contributed by atoms with van der Waals surface area (Å²) in [6.07, 6.45) is -0.519. The van der Waals surface area contributed by atoms with Gasteiger partial charge in [0.15, 0.2) is 0 Å². The number of hydrogen-bond donors (Lipinski definition) is 2. The standard InChI is InChI=1S/C27H27NO4/c1-17(2)19-10-4-3-9-18(19)15-25(26(29)30)28-27(31)32-16-24-22-13-7-5-11-20(22)21-12-6-8-14-23(21)24/h3-14,17,24-25H,15-16H2,1-2H3,(H,28,31)(H,29,30)/t25-/m0/s1. The molecule has 4 rings (SSSR count). The molecule has 1 aliphatic rings. The number of carbonyl (C=O) groups is 2. The Bertz CT molecular complexity index is 1090. The summed E-state index contributed by atoms with van der Waals surface area (Å²) in [5.74, 6) is -0.898. The number of carboxylic acids is 1. The molecule has 0 aliphatic heterocycles. The molecule has 0 radical (unpaired) electrons. The third-order valence-electron chi connectivity index (χ3n) is 6.03. The smallest absolute Gasteiger partial charge is 0.407 e. The molecule has 5 nitrogen and oxygen atoms in total. The number of benzene rings is 3. The summed E-state index contributed by atoms with van der Waals surface area (Å²) < 4.78 is 5.52. The van der Waals surface area contributed by atoms with Gasteiger partial charge in [0.05, 0.1) is 0 Å². The summed E-state index contributed by atoms with van der Waals surface area (Å²) in [6, 6.07) is 22.8. The van der Waals surface area contributed by atoms with Crippen molar-refractivity contribution in [3.8, 4) is 11.1 Å². The van der Waals surface area contributed by atoms with Crippen LogP contribution >= 0.6 is 0 Å². The van der Waals surface area contributed by atoms with Crippen molar-refractivity contribution >= 4 is 12.1 Å². The molecule has 1 atom stereocenters. The summed E-state index contributed by atoms with van der Waals surface area (Å²) >= 11 is 0. The van der Waals surface area contributed by atoms with E-state index in [1.807, 2.05) is 60.7 Å². The van der Waals surface area contributed by atoms with Gasteiger partial charge in [-0.2, -0.15) is 0 Å². The van der Waals surface area contributed by atoms with Gasteiger partial charge in [0.2, 0.25) is 0 Å². The number of hydrogen-bond acceptors (Lipinski definition) is 3. The minimum absolute atomic E-state index is 0.0712. The van der Waals surface area contributed by atoms with Gasteiger partial charge < -0.3 is 15.2 Å². The SMILES string of the molecule is CC(C)c1ccccc1C[C@H](NC(=O)OCC1c2ccccc2-c2ccccc21)C(=O)O. The molecule has 164 valence electrons. The number of ether oxygens (including phenoxy) is 1. The third-order valence-corrected chi connectivity index (χ3v) is 6.03. The molecule has 32 heavy (non-hydrogen) atoms. The Morgan fingerprint density at radius 2 is 1.47 bits per heavy atom. The van der Waals surface area contributed by atoms with Crippen LogP contribution in [0.15, 0.2) is 72.8 Å². The van der Waals surface area contributed by atoms with Crippen LogP contribution in [0.3, 0.4) is 0 Å². The zero-order valence-electron chi connectivity index (χ0n) is 18.2. The van der Waals surface area contributed by atoms with Crippen LogP contribution < -0.4 is 5.32 Å². The second-order valence-electron chi connectivity index (χ2n) is 8.42. The van der Waals surface area contributed by atoms with Gasteiger partial charge in [-0.15, -0.1) is 0 Å². The molecule has 1 aliphatic carbocycles. The molecule has 0 heterocycles. The lowest BCUT2D eigenvalue weighted by molar-refractivity contribution is -0.139. The molecule has 0 bridgehead atoms. The Kier molecular flexibility index (Phi) is 6.26. The first-order valence-corrected chi connectivity index (χ1v) is 10.9. The number of nitrogens with one attached hydrogen (secondary N) is 1. The largest absolute Gasteiger partial charge is 0.480 e. The Hall–Kier alpha value is -3.60. The zero-order chi connectivity index (χ0) is 22.7. The maximum absolute atomic E-state index is 12.6. The second-order valence-corrected chi connectivity index (χ2v) is 8.42. The number of rotatable bonds is 7. The molecule has 1 amide bonds. The Morgan fingerprint density at radius 1 is 0.906 bits per heavy atom. The summed E-state index contributed by atoms with van der Waals surface area (Å²) in [5.41, 5.74) is 6.50. The van der Waals surface area contributed by atoms with E-state index in [9.17, 15) is 14.7 Å². The van der Waals surface area contributed by atoms with Gasteiger partial charge in [0.1, 0.15) is 12.6 Å². The van der Waals surface area contributed by atoms with Crippen LogP contribution in [0, 0.1) is 0 Å². The normalized spacial score (nSPS) is 13.3. The van der Waals surface area contributed by atoms with Crippen molar-refractivity contribution in [2.24, 2.45) is 0 Å². The van der Waals surface area contributed by atoms with Gasteiger partial charge in [-0.3, -0.25) is 0 Å². The second kappa shape index (κ2) is 9.27. The molecule has 0 saturated carbocycles. The van der Waals surface area contributed by atoms with Gasteiger partial charge in [-0.1, -0.05) is 86.6 Å². The van der Waals surface area contributed by atoms with E-state index in [0.29, 0.717) is 0 Å². The molecule has 3 aromatic carbocycles. The minimum Gasteiger partial charge on any atom is -0.480 e. The van der Waals surface area contributed by atoms with Crippen molar-refractivity contribution in [2.75, 3.05) is 6.61 Å². The van der Waals surface area contributed by atoms with Crippen molar-refractivity contribution in [3.05, 3.63) is 95.1 Å². The molecule has 0 unspecified atom stereocenters. The predicted octanol–water partition coefficient (Wildman–Crippen LogP) is 5.34. The number of fused-ring (bicyclic) bond motifs is 3. The Morgan fingerprint density at radius 3 is 2.06 bits per heavy atom. The zero-order valence-corrected chi connectivity index (χ0v) is 18.2.